The summed E-state index contributed by atoms with van der Waals surface area (Å²) in [6, 6.07) is 8.26. The van der Waals surface area contributed by atoms with Gasteiger partial charge >= 0.3 is 0 Å². The van der Waals surface area contributed by atoms with E-state index < -0.39 is 0 Å². The van der Waals surface area contributed by atoms with Crippen LogP contribution in [-0.2, 0) is 20.8 Å². The van der Waals surface area contributed by atoms with E-state index in [9.17, 15) is 4.79 Å². The highest BCUT2D eigenvalue weighted by Crippen LogP contribution is 2.17. The summed E-state index contributed by atoms with van der Waals surface area (Å²) >= 11 is 1.71. The molecule has 0 aromatic heterocycles. The molecule has 1 aliphatic heterocycles. The van der Waals surface area contributed by atoms with Crippen LogP contribution >= 0.6 is 11.8 Å². The Balaban J connectivity index is 1.71. The van der Waals surface area contributed by atoms with Crippen molar-refractivity contribution >= 4 is 17.7 Å². The zero-order valence-corrected chi connectivity index (χ0v) is 14.2. The molecule has 0 aliphatic carbocycles. The molecule has 1 saturated heterocycles. The second-order valence-electron chi connectivity index (χ2n) is 5.61. The fraction of sp³-hybridized carbons (Fsp3) is 0.588. The number of ether oxygens (including phenoxy) is 2. The average Bonchev–Trinajstić information content (AvgIpc) is 2.56. The smallest absolute Gasteiger partial charge is 0.248 e. The number of carbonyl (C=O) groups is 1. The van der Waals surface area contributed by atoms with E-state index in [1.807, 2.05) is 19.2 Å². The Morgan fingerprint density at radius 3 is 3.05 bits per heavy atom. The minimum Gasteiger partial charge on any atom is -0.376 e. The van der Waals surface area contributed by atoms with Gasteiger partial charge < -0.3 is 14.4 Å². The Morgan fingerprint density at radius 2 is 2.32 bits per heavy atom. The maximum absolute atomic E-state index is 12.1. The van der Waals surface area contributed by atoms with Crippen molar-refractivity contribution in [3.63, 3.8) is 0 Å². The molecular formula is C17H25NO3S. The fourth-order valence-corrected chi connectivity index (χ4v) is 2.94. The predicted molar refractivity (Wildman–Crippen MR) is 89.1 cm³/mol. The lowest BCUT2D eigenvalue weighted by molar-refractivity contribution is -0.137. The van der Waals surface area contributed by atoms with Crippen LogP contribution in [0.1, 0.15) is 24.8 Å². The van der Waals surface area contributed by atoms with E-state index in [1.165, 1.54) is 11.3 Å². The van der Waals surface area contributed by atoms with E-state index in [4.69, 9.17) is 9.47 Å². The van der Waals surface area contributed by atoms with Crippen LogP contribution in [-0.4, -0.2) is 50.0 Å². The third kappa shape index (κ3) is 5.63. The molecule has 4 nitrogen and oxygen atoms in total. The number of rotatable bonds is 7. The summed E-state index contributed by atoms with van der Waals surface area (Å²) in [7, 11) is 1.81. The van der Waals surface area contributed by atoms with Gasteiger partial charge in [-0.1, -0.05) is 12.1 Å². The minimum absolute atomic E-state index is 0.00497. The Kier molecular flexibility index (Phi) is 7.22. The fourth-order valence-electron chi connectivity index (χ4n) is 2.46. The molecule has 0 N–H and O–H groups in total. The maximum Gasteiger partial charge on any atom is 0.248 e. The van der Waals surface area contributed by atoms with E-state index in [2.05, 4.69) is 18.4 Å². The van der Waals surface area contributed by atoms with Crippen molar-refractivity contribution in [3.8, 4) is 0 Å². The number of carbonyl (C=O) groups excluding carboxylic acids is 1. The molecule has 1 heterocycles. The first kappa shape index (κ1) is 17.3. The quantitative estimate of drug-likeness (QED) is 0.723. The Morgan fingerprint density at radius 1 is 1.45 bits per heavy atom. The molecule has 5 heteroatoms. The molecule has 122 valence electrons. The molecule has 0 spiro atoms. The van der Waals surface area contributed by atoms with Crippen molar-refractivity contribution in [2.24, 2.45) is 0 Å². The van der Waals surface area contributed by atoms with Gasteiger partial charge in [-0.25, -0.2) is 0 Å². The molecular weight excluding hydrogens is 298 g/mol. The number of likely N-dealkylation sites (N-methyl/N-ethyl adjacent to an activating group) is 1. The van der Waals surface area contributed by atoms with E-state index in [0.717, 1.165) is 25.0 Å². The van der Waals surface area contributed by atoms with E-state index in [1.54, 1.807) is 16.7 Å². The number of nitrogens with zero attached hydrogens (tertiary/aromatic N) is 1. The number of hydrogen-bond donors (Lipinski definition) is 0. The number of benzene rings is 1. The Labute approximate surface area is 137 Å². The van der Waals surface area contributed by atoms with Crippen LogP contribution in [0.5, 0.6) is 0 Å². The average molecular weight is 323 g/mol. The van der Waals surface area contributed by atoms with Crippen LogP contribution in [0.25, 0.3) is 0 Å². The van der Waals surface area contributed by atoms with Crippen LogP contribution in [0, 0.1) is 0 Å². The standard InChI is InChI=1S/C17H25NO3S/c1-18(11-14-6-5-8-16(10-14)22-2)17(19)13-20-12-15-7-3-4-9-21-15/h5-6,8,10,15H,3-4,7,9,11-13H2,1-2H3/t15-/m1/s1. The van der Waals surface area contributed by atoms with Crippen molar-refractivity contribution in [3.05, 3.63) is 29.8 Å². The molecule has 1 amide bonds. The third-order valence-corrected chi connectivity index (χ3v) is 4.51. The van der Waals surface area contributed by atoms with Crippen LogP contribution in [0.3, 0.4) is 0 Å². The summed E-state index contributed by atoms with van der Waals surface area (Å²) < 4.78 is 11.1. The molecule has 0 unspecified atom stereocenters. The molecule has 1 aromatic rings. The van der Waals surface area contributed by atoms with Crippen molar-refractivity contribution in [1.82, 2.24) is 4.90 Å². The second kappa shape index (κ2) is 9.18. The first-order valence-electron chi connectivity index (χ1n) is 7.75. The number of thioether (sulfide) groups is 1. The Hall–Kier alpha value is -1.04. The summed E-state index contributed by atoms with van der Waals surface area (Å²) in [6.45, 7) is 2.06. The van der Waals surface area contributed by atoms with Crippen molar-refractivity contribution in [1.29, 1.82) is 0 Å². The number of amides is 1. The highest BCUT2D eigenvalue weighted by molar-refractivity contribution is 7.98. The molecule has 2 rings (SSSR count). The topological polar surface area (TPSA) is 38.8 Å². The summed E-state index contributed by atoms with van der Waals surface area (Å²) in [5.41, 5.74) is 1.14. The molecule has 22 heavy (non-hydrogen) atoms. The summed E-state index contributed by atoms with van der Waals surface area (Å²) in [6.07, 6.45) is 5.56. The molecule has 1 fully saturated rings. The van der Waals surface area contributed by atoms with Crippen LogP contribution in [0.2, 0.25) is 0 Å². The molecule has 0 bridgehead atoms. The highest BCUT2D eigenvalue weighted by Gasteiger charge is 2.15. The lowest BCUT2D eigenvalue weighted by Crippen LogP contribution is -2.32. The zero-order chi connectivity index (χ0) is 15.8. The normalized spacial score (nSPS) is 18.2. The van der Waals surface area contributed by atoms with E-state index in [0.29, 0.717) is 13.2 Å². The lowest BCUT2D eigenvalue weighted by Gasteiger charge is -2.23. The molecule has 0 radical (unpaired) electrons. The maximum atomic E-state index is 12.1. The summed E-state index contributed by atoms with van der Waals surface area (Å²) in [5.74, 6) is 0.00497. The van der Waals surface area contributed by atoms with Crippen molar-refractivity contribution in [2.75, 3.05) is 33.1 Å². The molecule has 1 aliphatic rings. The van der Waals surface area contributed by atoms with Gasteiger partial charge in [-0.15, -0.1) is 11.8 Å². The SMILES string of the molecule is CSc1cccc(CN(C)C(=O)COC[C@H]2CCCCO2)c1. The van der Waals surface area contributed by atoms with Crippen LogP contribution in [0.4, 0.5) is 0 Å². The van der Waals surface area contributed by atoms with Crippen LogP contribution < -0.4 is 0 Å². The van der Waals surface area contributed by atoms with Gasteiger partial charge in [-0.2, -0.15) is 0 Å². The predicted octanol–water partition coefficient (Wildman–Crippen LogP) is 2.95. The Bertz CT molecular complexity index is 475. The van der Waals surface area contributed by atoms with Crippen molar-refractivity contribution in [2.45, 2.75) is 36.8 Å². The van der Waals surface area contributed by atoms with Gasteiger partial charge in [0.1, 0.15) is 6.61 Å². The molecule has 1 aromatic carbocycles. The zero-order valence-electron chi connectivity index (χ0n) is 13.4. The summed E-state index contributed by atoms with van der Waals surface area (Å²) in [5, 5.41) is 0. The minimum atomic E-state index is 0.00497. The van der Waals surface area contributed by atoms with Gasteiger partial charge in [-0.3, -0.25) is 4.79 Å². The van der Waals surface area contributed by atoms with Gasteiger partial charge in [-0.05, 0) is 43.2 Å². The first-order chi connectivity index (χ1) is 10.7. The molecule has 1 atom stereocenters. The molecule has 0 saturated carbocycles. The van der Waals surface area contributed by atoms with Gasteiger partial charge in [0.15, 0.2) is 0 Å². The van der Waals surface area contributed by atoms with Gasteiger partial charge in [0.25, 0.3) is 0 Å². The monoisotopic (exact) mass is 323 g/mol. The van der Waals surface area contributed by atoms with Crippen molar-refractivity contribution < 1.29 is 14.3 Å². The van der Waals surface area contributed by atoms with E-state index >= 15 is 0 Å². The first-order valence-corrected chi connectivity index (χ1v) is 8.97. The lowest BCUT2D eigenvalue weighted by atomic mass is 10.1. The summed E-state index contributed by atoms with van der Waals surface area (Å²) in [4.78, 5) is 15.0. The highest BCUT2D eigenvalue weighted by atomic mass is 32.2. The largest absolute Gasteiger partial charge is 0.376 e. The third-order valence-electron chi connectivity index (χ3n) is 3.78. The van der Waals surface area contributed by atoms with E-state index in [-0.39, 0.29) is 18.6 Å². The van der Waals surface area contributed by atoms with Gasteiger partial charge in [0, 0.05) is 25.1 Å². The van der Waals surface area contributed by atoms with Crippen LogP contribution in [0.15, 0.2) is 29.2 Å². The van der Waals surface area contributed by atoms with Gasteiger partial charge in [0.2, 0.25) is 5.91 Å². The van der Waals surface area contributed by atoms with Gasteiger partial charge in [0.05, 0.1) is 12.7 Å². The number of hydrogen-bond acceptors (Lipinski definition) is 4. The second-order valence-corrected chi connectivity index (χ2v) is 6.48.